The summed E-state index contributed by atoms with van der Waals surface area (Å²) in [4.78, 5) is 13.5. The monoisotopic (exact) mass is 402 g/mol. The van der Waals surface area contributed by atoms with Crippen molar-refractivity contribution in [3.05, 3.63) is 65.3 Å². The van der Waals surface area contributed by atoms with E-state index < -0.39 is 5.60 Å². The Morgan fingerprint density at radius 2 is 2.03 bits per heavy atom. The highest BCUT2D eigenvalue weighted by Gasteiger charge is 2.24. The van der Waals surface area contributed by atoms with Crippen molar-refractivity contribution in [1.82, 2.24) is 34.3 Å². The summed E-state index contributed by atoms with van der Waals surface area (Å²) < 4.78 is 3.29. The molecule has 4 aromatic heterocycles. The topological polar surface area (TPSA) is 118 Å². The van der Waals surface area contributed by atoms with Crippen molar-refractivity contribution in [3.63, 3.8) is 0 Å². The molecule has 9 heteroatoms. The third kappa shape index (κ3) is 3.53. The summed E-state index contributed by atoms with van der Waals surface area (Å²) in [6, 6.07) is 7.50. The smallest absolute Gasteiger partial charge is 0.182 e. The highest BCUT2D eigenvalue weighted by atomic mass is 16.3. The van der Waals surface area contributed by atoms with Gasteiger partial charge >= 0.3 is 0 Å². The predicted octanol–water partition coefficient (Wildman–Crippen LogP) is 2.35. The van der Waals surface area contributed by atoms with Gasteiger partial charge in [0.25, 0.3) is 0 Å². The Hall–Kier alpha value is -3.64. The molecular weight excluding hydrogens is 380 g/mol. The maximum Gasteiger partial charge on any atom is 0.182 e. The summed E-state index contributed by atoms with van der Waals surface area (Å²) in [5.74, 6) is 0.848. The lowest BCUT2D eigenvalue weighted by molar-refractivity contribution is 0.0690. The Morgan fingerprint density at radius 1 is 1.20 bits per heavy atom. The van der Waals surface area contributed by atoms with Crippen molar-refractivity contribution in [1.29, 1.82) is 5.26 Å². The fourth-order valence-electron chi connectivity index (χ4n) is 3.34. The first-order chi connectivity index (χ1) is 14.4. The number of nitriles is 1. The van der Waals surface area contributed by atoms with Crippen molar-refractivity contribution in [2.45, 2.75) is 45.6 Å². The Morgan fingerprint density at radius 3 is 2.77 bits per heavy atom. The molecule has 0 radical (unpaired) electrons. The number of aromatic nitrogens is 7. The van der Waals surface area contributed by atoms with Crippen molar-refractivity contribution in [2.75, 3.05) is 0 Å². The minimum atomic E-state index is -1.14. The van der Waals surface area contributed by atoms with Crippen LogP contribution in [0.5, 0.6) is 0 Å². The molecule has 9 nitrogen and oxygen atoms in total. The highest BCUT2D eigenvalue weighted by molar-refractivity contribution is 5.51. The van der Waals surface area contributed by atoms with E-state index in [4.69, 9.17) is 0 Å². The Labute approximate surface area is 173 Å². The van der Waals surface area contributed by atoms with Crippen LogP contribution in [0.2, 0.25) is 0 Å². The van der Waals surface area contributed by atoms with E-state index in [9.17, 15) is 10.4 Å². The second kappa shape index (κ2) is 7.65. The molecule has 0 aliphatic carbocycles. The Balaban J connectivity index is 1.80. The number of aliphatic hydroxyl groups is 1. The van der Waals surface area contributed by atoms with Crippen LogP contribution < -0.4 is 0 Å². The van der Waals surface area contributed by atoms with E-state index in [1.165, 1.54) is 0 Å². The Kier molecular flexibility index (Phi) is 5.01. The van der Waals surface area contributed by atoms with Crippen LogP contribution in [0.3, 0.4) is 0 Å². The van der Waals surface area contributed by atoms with Crippen LogP contribution in [0.1, 0.15) is 55.5 Å². The second-order valence-electron chi connectivity index (χ2n) is 7.58. The summed E-state index contributed by atoms with van der Waals surface area (Å²) in [6.45, 7) is 5.42. The molecule has 152 valence electrons. The van der Waals surface area contributed by atoms with E-state index in [0.29, 0.717) is 29.3 Å². The standard InChI is InChI=1S/C21H22N8O/c1-4-6-16-17(24-13-28-19(16)26-20(27-28)21(2,3)30)11-15-8-10-25-29(15)18-14(12-22)7-5-9-23-18/h5,7-10,13,30H,4,6,11H2,1-3H3. The van der Waals surface area contributed by atoms with Crippen molar-refractivity contribution in [3.8, 4) is 11.9 Å². The SMILES string of the molecule is CCCc1c(Cc2ccnn2-c2ncccc2C#N)ncn2nc(C(C)(C)O)nc12. The minimum Gasteiger partial charge on any atom is -0.382 e. The van der Waals surface area contributed by atoms with Gasteiger partial charge in [-0.1, -0.05) is 13.3 Å². The molecule has 0 aromatic carbocycles. The van der Waals surface area contributed by atoms with Gasteiger partial charge in [0.15, 0.2) is 17.3 Å². The second-order valence-corrected chi connectivity index (χ2v) is 7.58. The zero-order valence-electron chi connectivity index (χ0n) is 17.1. The largest absolute Gasteiger partial charge is 0.382 e. The Bertz CT molecular complexity index is 1240. The fraction of sp³-hybridized carbons (Fsp3) is 0.333. The van der Waals surface area contributed by atoms with Crippen LogP contribution in [0.4, 0.5) is 0 Å². The van der Waals surface area contributed by atoms with Crippen LogP contribution in [0.15, 0.2) is 36.9 Å². The normalized spacial score (nSPS) is 11.7. The lowest BCUT2D eigenvalue weighted by atomic mass is 10.1. The zero-order chi connectivity index (χ0) is 21.3. The molecule has 0 aliphatic rings. The molecule has 0 aliphatic heterocycles. The molecule has 0 spiro atoms. The average Bonchev–Trinajstić information content (AvgIpc) is 3.36. The quantitative estimate of drug-likeness (QED) is 0.526. The molecule has 0 fully saturated rings. The molecule has 0 saturated heterocycles. The first-order valence-electron chi connectivity index (χ1n) is 9.76. The van der Waals surface area contributed by atoms with E-state index in [1.807, 2.05) is 6.07 Å². The molecule has 0 amide bonds. The van der Waals surface area contributed by atoms with Gasteiger partial charge in [-0.05, 0) is 38.5 Å². The van der Waals surface area contributed by atoms with Gasteiger partial charge in [0.05, 0.1) is 17.0 Å². The molecule has 30 heavy (non-hydrogen) atoms. The van der Waals surface area contributed by atoms with Crippen LogP contribution >= 0.6 is 0 Å². The van der Waals surface area contributed by atoms with Crippen molar-refractivity contribution >= 4 is 5.65 Å². The van der Waals surface area contributed by atoms with Gasteiger partial charge in [-0.25, -0.2) is 24.1 Å². The van der Waals surface area contributed by atoms with Gasteiger partial charge in [0, 0.05) is 24.4 Å². The first kappa shape index (κ1) is 19.7. The van der Waals surface area contributed by atoms with Gasteiger partial charge in [-0.3, -0.25) is 0 Å². The number of fused-ring (bicyclic) bond motifs is 1. The van der Waals surface area contributed by atoms with Gasteiger partial charge in [-0.15, -0.1) is 5.10 Å². The molecular formula is C21H22N8O. The predicted molar refractivity (Wildman–Crippen MR) is 109 cm³/mol. The van der Waals surface area contributed by atoms with Gasteiger partial charge < -0.3 is 5.11 Å². The van der Waals surface area contributed by atoms with Crippen molar-refractivity contribution in [2.24, 2.45) is 0 Å². The number of nitrogens with zero attached hydrogens (tertiary/aromatic N) is 8. The number of rotatable bonds is 6. The highest BCUT2D eigenvalue weighted by Crippen LogP contribution is 2.23. The molecule has 0 unspecified atom stereocenters. The van der Waals surface area contributed by atoms with E-state index >= 15 is 0 Å². The molecule has 0 atom stereocenters. The van der Waals surface area contributed by atoms with Crippen LogP contribution in [0, 0.1) is 11.3 Å². The molecule has 1 N–H and O–H groups in total. The minimum absolute atomic E-state index is 0.357. The molecule has 4 aromatic rings. The first-order valence-corrected chi connectivity index (χ1v) is 9.76. The molecule has 4 rings (SSSR count). The maximum atomic E-state index is 10.3. The third-order valence-corrected chi connectivity index (χ3v) is 4.80. The lowest BCUT2D eigenvalue weighted by Gasteiger charge is -2.11. The fourth-order valence-corrected chi connectivity index (χ4v) is 3.34. The summed E-state index contributed by atoms with van der Waals surface area (Å²) >= 11 is 0. The maximum absolute atomic E-state index is 10.3. The number of aryl methyl sites for hydroxylation is 1. The number of hydrogen-bond acceptors (Lipinski definition) is 7. The van der Waals surface area contributed by atoms with Gasteiger partial charge in [0.1, 0.15) is 18.0 Å². The average molecular weight is 402 g/mol. The van der Waals surface area contributed by atoms with Crippen LogP contribution in [0.25, 0.3) is 11.5 Å². The molecule has 0 saturated carbocycles. The molecule has 4 heterocycles. The van der Waals surface area contributed by atoms with E-state index in [0.717, 1.165) is 29.8 Å². The van der Waals surface area contributed by atoms with Crippen LogP contribution in [-0.4, -0.2) is 39.5 Å². The number of hydrogen-bond donors (Lipinski definition) is 1. The van der Waals surface area contributed by atoms with Crippen LogP contribution in [-0.2, 0) is 18.4 Å². The van der Waals surface area contributed by atoms with E-state index in [2.05, 4.69) is 38.1 Å². The third-order valence-electron chi connectivity index (χ3n) is 4.80. The van der Waals surface area contributed by atoms with Crippen molar-refractivity contribution < 1.29 is 5.11 Å². The summed E-state index contributed by atoms with van der Waals surface area (Å²) in [5, 5.41) is 28.5. The number of pyridine rings is 1. The van der Waals surface area contributed by atoms with E-state index in [-0.39, 0.29) is 0 Å². The molecule has 0 bridgehead atoms. The lowest BCUT2D eigenvalue weighted by Crippen LogP contribution is -2.17. The summed E-state index contributed by atoms with van der Waals surface area (Å²) in [7, 11) is 0. The summed E-state index contributed by atoms with van der Waals surface area (Å²) in [5.41, 5.74) is 2.71. The zero-order valence-corrected chi connectivity index (χ0v) is 17.1. The van der Waals surface area contributed by atoms with Gasteiger partial charge in [-0.2, -0.15) is 10.4 Å². The van der Waals surface area contributed by atoms with E-state index in [1.54, 1.807) is 53.9 Å². The van der Waals surface area contributed by atoms with Gasteiger partial charge in [0.2, 0.25) is 0 Å². The summed E-state index contributed by atoms with van der Waals surface area (Å²) in [6.07, 6.45) is 7.14.